The first kappa shape index (κ1) is 22.4. The molecule has 0 N–H and O–H groups in total. The maximum atomic E-state index is 14.9. The van der Waals surface area contributed by atoms with E-state index in [2.05, 4.69) is 0 Å². The van der Waals surface area contributed by atoms with Crippen LogP contribution in [0.3, 0.4) is 0 Å². The second-order valence-corrected chi connectivity index (χ2v) is 8.60. The molecule has 164 valence electrons. The van der Waals surface area contributed by atoms with E-state index in [0.29, 0.717) is 13.2 Å². The molecule has 0 spiro atoms. The van der Waals surface area contributed by atoms with Crippen molar-refractivity contribution in [2.24, 2.45) is 0 Å². The Balaban J connectivity index is 1.99. The molecule has 2 fully saturated rings. The number of hydrogen-bond acceptors (Lipinski definition) is 4. The van der Waals surface area contributed by atoms with E-state index in [1.165, 1.54) is 17.0 Å². The fourth-order valence-corrected chi connectivity index (χ4v) is 4.81. The zero-order valence-electron chi connectivity index (χ0n) is 18.0. The molecule has 0 aromatic heterocycles. The van der Waals surface area contributed by atoms with Crippen LogP contribution in [0.1, 0.15) is 57.9 Å². The number of ether oxygens (including phenoxy) is 1. The molecule has 6 nitrogen and oxygen atoms in total. The van der Waals surface area contributed by atoms with E-state index in [9.17, 15) is 18.8 Å². The number of amides is 3. The van der Waals surface area contributed by atoms with Crippen molar-refractivity contribution in [3.63, 3.8) is 0 Å². The third-order valence-electron chi connectivity index (χ3n) is 6.36. The molecule has 3 amide bonds. The van der Waals surface area contributed by atoms with Gasteiger partial charge >= 0.3 is 0 Å². The number of carbonyl (C=O) groups is 3. The predicted molar refractivity (Wildman–Crippen MR) is 110 cm³/mol. The average Bonchev–Trinajstić information content (AvgIpc) is 3.29. The van der Waals surface area contributed by atoms with Crippen LogP contribution in [0, 0.1) is 5.82 Å². The first-order valence-corrected chi connectivity index (χ1v) is 10.7. The smallest absolute Gasteiger partial charge is 0.241 e. The van der Waals surface area contributed by atoms with Crippen molar-refractivity contribution >= 4 is 17.7 Å². The summed E-state index contributed by atoms with van der Waals surface area (Å²) in [6.45, 7) is 4.50. The van der Waals surface area contributed by atoms with Gasteiger partial charge in [0.2, 0.25) is 17.7 Å². The van der Waals surface area contributed by atoms with Gasteiger partial charge in [0.25, 0.3) is 0 Å². The quantitative estimate of drug-likeness (QED) is 0.609. The van der Waals surface area contributed by atoms with Crippen LogP contribution in [-0.4, -0.2) is 59.9 Å². The van der Waals surface area contributed by atoms with Crippen molar-refractivity contribution in [1.82, 2.24) is 9.80 Å². The standard InChI is InChI=1S/C23H31FN2O4/c1-16(2)25(12-13-30-3)20(27)14-23(18-10-6-7-11-19(18)24)15-21(28)26(22(23)29)17-8-4-5-9-17/h6-7,10-11,16-17H,4-5,8-9,12-15H2,1-3H3/t23-/m1/s1. The largest absolute Gasteiger partial charge is 0.383 e. The van der Waals surface area contributed by atoms with Crippen molar-refractivity contribution < 1.29 is 23.5 Å². The van der Waals surface area contributed by atoms with Gasteiger partial charge in [-0.2, -0.15) is 0 Å². The van der Waals surface area contributed by atoms with Crippen LogP contribution in [0.15, 0.2) is 24.3 Å². The summed E-state index contributed by atoms with van der Waals surface area (Å²) in [4.78, 5) is 42.9. The Morgan fingerprint density at radius 2 is 1.93 bits per heavy atom. The Morgan fingerprint density at radius 1 is 1.27 bits per heavy atom. The third-order valence-corrected chi connectivity index (χ3v) is 6.36. The van der Waals surface area contributed by atoms with Gasteiger partial charge < -0.3 is 9.64 Å². The van der Waals surface area contributed by atoms with E-state index in [1.807, 2.05) is 13.8 Å². The molecule has 2 aliphatic rings. The molecular weight excluding hydrogens is 387 g/mol. The summed E-state index contributed by atoms with van der Waals surface area (Å²) in [5.74, 6) is -1.59. The van der Waals surface area contributed by atoms with Crippen LogP contribution in [0.4, 0.5) is 4.39 Å². The van der Waals surface area contributed by atoms with Gasteiger partial charge in [0.05, 0.1) is 12.0 Å². The number of nitrogens with zero attached hydrogens (tertiary/aromatic N) is 2. The highest BCUT2D eigenvalue weighted by molar-refractivity contribution is 6.11. The van der Waals surface area contributed by atoms with Crippen LogP contribution in [0.25, 0.3) is 0 Å². The molecule has 1 aromatic rings. The van der Waals surface area contributed by atoms with Crippen molar-refractivity contribution in [3.05, 3.63) is 35.6 Å². The molecule has 1 aromatic carbocycles. The topological polar surface area (TPSA) is 66.9 Å². The zero-order chi connectivity index (χ0) is 21.9. The van der Waals surface area contributed by atoms with Crippen LogP contribution in [0.2, 0.25) is 0 Å². The van der Waals surface area contributed by atoms with Crippen LogP contribution < -0.4 is 0 Å². The molecular formula is C23H31FN2O4. The molecule has 1 atom stereocenters. The Morgan fingerprint density at radius 3 is 2.53 bits per heavy atom. The van der Waals surface area contributed by atoms with Gasteiger partial charge in [-0.3, -0.25) is 19.3 Å². The molecule has 0 radical (unpaired) electrons. The van der Waals surface area contributed by atoms with Crippen molar-refractivity contribution in [2.75, 3.05) is 20.3 Å². The van der Waals surface area contributed by atoms with Crippen molar-refractivity contribution in [3.8, 4) is 0 Å². The number of hydrogen-bond donors (Lipinski definition) is 0. The molecule has 1 heterocycles. The monoisotopic (exact) mass is 418 g/mol. The minimum absolute atomic E-state index is 0.108. The van der Waals surface area contributed by atoms with Crippen LogP contribution in [-0.2, 0) is 24.5 Å². The van der Waals surface area contributed by atoms with E-state index >= 15 is 0 Å². The number of carbonyl (C=O) groups excluding carboxylic acids is 3. The number of halogens is 1. The van der Waals surface area contributed by atoms with E-state index in [1.54, 1.807) is 24.1 Å². The van der Waals surface area contributed by atoms with Gasteiger partial charge in [0.1, 0.15) is 5.82 Å². The summed E-state index contributed by atoms with van der Waals surface area (Å²) in [5.41, 5.74) is -1.37. The lowest BCUT2D eigenvalue weighted by molar-refractivity contribution is -0.145. The summed E-state index contributed by atoms with van der Waals surface area (Å²) in [7, 11) is 1.56. The number of benzene rings is 1. The number of imide groups is 1. The van der Waals surface area contributed by atoms with E-state index in [0.717, 1.165) is 25.7 Å². The van der Waals surface area contributed by atoms with E-state index < -0.39 is 17.1 Å². The van der Waals surface area contributed by atoms with E-state index in [-0.39, 0.29) is 42.3 Å². The maximum Gasteiger partial charge on any atom is 0.241 e. The Bertz CT molecular complexity index is 806. The normalized spacial score (nSPS) is 22.4. The summed E-state index contributed by atoms with van der Waals surface area (Å²) >= 11 is 0. The maximum absolute atomic E-state index is 14.9. The molecule has 1 saturated heterocycles. The van der Waals surface area contributed by atoms with Gasteiger partial charge in [0, 0.05) is 44.1 Å². The lowest BCUT2D eigenvalue weighted by Gasteiger charge is -2.33. The molecule has 0 bridgehead atoms. The third kappa shape index (κ3) is 4.13. The van der Waals surface area contributed by atoms with Crippen molar-refractivity contribution in [1.29, 1.82) is 0 Å². The highest BCUT2D eigenvalue weighted by Gasteiger charge is 2.56. The van der Waals surface area contributed by atoms with Crippen LogP contribution in [0.5, 0.6) is 0 Å². The minimum atomic E-state index is -1.50. The average molecular weight is 419 g/mol. The molecule has 30 heavy (non-hydrogen) atoms. The Hall–Kier alpha value is -2.28. The highest BCUT2D eigenvalue weighted by atomic mass is 19.1. The fourth-order valence-electron chi connectivity index (χ4n) is 4.81. The highest BCUT2D eigenvalue weighted by Crippen LogP contribution is 2.44. The summed E-state index contributed by atoms with van der Waals surface area (Å²) in [6, 6.07) is 5.74. The summed E-state index contributed by atoms with van der Waals surface area (Å²) in [5, 5.41) is 0. The Labute approximate surface area is 177 Å². The SMILES string of the molecule is COCCN(C(=O)C[C@]1(c2ccccc2F)CC(=O)N(C2CCCC2)C1=O)C(C)C. The molecule has 1 aliphatic heterocycles. The lowest BCUT2D eigenvalue weighted by Crippen LogP contribution is -2.47. The van der Waals surface area contributed by atoms with Gasteiger partial charge in [-0.05, 0) is 32.8 Å². The molecule has 3 rings (SSSR count). The van der Waals surface area contributed by atoms with Gasteiger partial charge in [-0.25, -0.2) is 4.39 Å². The second kappa shape index (κ2) is 9.25. The molecule has 0 unspecified atom stereocenters. The summed E-state index contributed by atoms with van der Waals surface area (Å²) < 4.78 is 20.0. The fraction of sp³-hybridized carbons (Fsp3) is 0.609. The first-order valence-electron chi connectivity index (χ1n) is 10.7. The number of methoxy groups -OCH3 is 1. The van der Waals surface area contributed by atoms with Crippen molar-refractivity contribution in [2.45, 2.75) is 69.9 Å². The first-order chi connectivity index (χ1) is 14.3. The second-order valence-electron chi connectivity index (χ2n) is 8.60. The van der Waals surface area contributed by atoms with Gasteiger partial charge in [-0.1, -0.05) is 31.0 Å². The van der Waals surface area contributed by atoms with E-state index in [4.69, 9.17) is 4.74 Å². The van der Waals surface area contributed by atoms with Crippen LogP contribution >= 0.6 is 0 Å². The molecule has 7 heteroatoms. The predicted octanol–water partition coefficient (Wildman–Crippen LogP) is 3.04. The summed E-state index contributed by atoms with van der Waals surface area (Å²) in [6.07, 6.45) is 3.06. The number of rotatable bonds is 8. The minimum Gasteiger partial charge on any atom is -0.383 e. The molecule has 1 saturated carbocycles. The lowest BCUT2D eigenvalue weighted by atomic mass is 9.75. The number of likely N-dealkylation sites (tertiary alicyclic amines) is 1. The zero-order valence-corrected chi connectivity index (χ0v) is 18.0. The molecule has 1 aliphatic carbocycles. The van der Waals surface area contributed by atoms with Gasteiger partial charge in [-0.15, -0.1) is 0 Å². The van der Waals surface area contributed by atoms with Gasteiger partial charge in [0.15, 0.2) is 0 Å². The Kier molecular flexibility index (Phi) is 6.91.